The molecule has 2 heterocycles. The van der Waals surface area contributed by atoms with E-state index in [0.29, 0.717) is 30.1 Å². The minimum Gasteiger partial charge on any atom is -0.508 e. The highest BCUT2D eigenvalue weighted by molar-refractivity contribution is 7.91. The summed E-state index contributed by atoms with van der Waals surface area (Å²) in [5.74, 6) is 1.30. The van der Waals surface area contributed by atoms with Gasteiger partial charge in [-0.15, -0.1) is 0 Å². The first-order chi connectivity index (χ1) is 18.3. The zero-order chi connectivity index (χ0) is 26.7. The van der Waals surface area contributed by atoms with E-state index < -0.39 is 9.84 Å². The fraction of sp³-hybridized carbons (Fsp3) is 0.267. The number of piperidine rings is 1. The van der Waals surface area contributed by atoms with E-state index in [2.05, 4.69) is 4.98 Å². The van der Waals surface area contributed by atoms with Crippen molar-refractivity contribution < 1.29 is 18.3 Å². The quantitative estimate of drug-likeness (QED) is 0.361. The predicted molar refractivity (Wildman–Crippen MR) is 147 cm³/mol. The van der Waals surface area contributed by atoms with Crippen LogP contribution >= 0.6 is 0 Å². The van der Waals surface area contributed by atoms with Crippen molar-refractivity contribution >= 4 is 15.7 Å². The zero-order valence-corrected chi connectivity index (χ0v) is 22.1. The molecule has 0 radical (unpaired) electrons. The molecule has 1 aliphatic heterocycles. The third-order valence-corrected chi connectivity index (χ3v) is 8.92. The minimum atomic E-state index is -3.39. The summed E-state index contributed by atoms with van der Waals surface area (Å²) in [5, 5.41) is 9.49. The van der Waals surface area contributed by atoms with Crippen LogP contribution in [0.5, 0.6) is 5.75 Å². The average Bonchev–Trinajstić information content (AvgIpc) is 3.41. The summed E-state index contributed by atoms with van der Waals surface area (Å²) in [6.07, 6.45) is 5.12. The van der Waals surface area contributed by atoms with Crippen LogP contribution in [0.4, 0.5) is 0 Å². The van der Waals surface area contributed by atoms with Crippen LogP contribution in [-0.2, 0) is 16.4 Å². The molecular weight excluding hydrogens is 498 g/mol. The molecule has 4 aromatic rings. The van der Waals surface area contributed by atoms with Crippen LogP contribution in [0.15, 0.2) is 90.1 Å². The second-order valence-electron chi connectivity index (χ2n) is 9.80. The molecule has 0 saturated carbocycles. The number of hydrogen-bond donors (Lipinski definition) is 1. The van der Waals surface area contributed by atoms with Crippen LogP contribution in [0.25, 0.3) is 11.1 Å². The van der Waals surface area contributed by atoms with E-state index in [0.717, 1.165) is 35.4 Å². The predicted octanol–water partition coefficient (Wildman–Crippen LogP) is 5.06. The van der Waals surface area contributed by atoms with Crippen LogP contribution in [0.1, 0.15) is 40.5 Å². The number of phenols is 1. The summed E-state index contributed by atoms with van der Waals surface area (Å²) >= 11 is 0. The largest absolute Gasteiger partial charge is 0.508 e. The smallest absolute Gasteiger partial charge is 0.253 e. The molecule has 0 atom stereocenters. The number of aromatic hydroxyl groups is 1. The van der Waals surface area contributed by atoms with E-state index in [9.17, 15) is 18.3 Å². The molecule has 1 amide bonds. The number of nitrogens with zero attached hydrogens (tertiary/aromatic N) is 3. The van der Waals surface area contributed by atoms with Crippen LogP contribution in [-0.4, -0.2) is 52.7 Å². The Morgan fingerprint density at radius 3 is 2.16 bits per heavy atom. The Morgan fingerprint density at radius 1 is 0.921 bits per heavy atom. The number of aryl methyl sites for hydroxylation is 2. The standard InChI is InChI=1S/C30H31N3O4S/c1-22-2-12-28(13-3-22)38(36,37)21-20-32-19-16-31-29(32)25-14-17-33(18-15-25)30(35)26-6-4-23(5-7-26)24-8-10-27(34)11-9-24/h2-13,16,19,25,34H,14-15,17-18,20-21H2,1H3. The maximum atomic E-state index is 13.1. The fourth-order valence-corrected chi connectivity index (χ4v) is 6.16. The molecule has 1 N–H and O–H groups in total. The van der Waals surface area contributed by atoms with Gasteiger partial charge in [0.25, 0.3) is 5.91 Å². The van der Waals surface area contributed by atoms with Crippen LogP contribution < -0.4 is 0 Å². The van der Waals surface area contributed by atoms with Crippen molar-refractivity contribution in [1.29, 1.82) is 0 Å². The number of phenolic OH excluding ortho intramolecular Hbond substituents is 1. The van der Waals surface area contributed by atoms with Crippen molar-refractivity contribution in [1.82, 2.24) is 14.5 Å². The van der Waals surface area contributed by atoms with Gasteiger partial charge in [-0.2, -0.15) is 0 Å². The molecular formula is C30H31N3O4S. The molecule has 7 nitrogen and oxygen atoms in total. The van der Waals surface area contributed by atoms with Gasteiger partial charge < -0.3 is 14.6 Å². The average molecular weight is 530 g/mol. The molecule has 5 rings (SSSR count). The highest BCUT2D eigenvalue weighted by Gasteiger charge is 2.27. The van der Waals surface area contributed by atoms with Gasteiger partial charge in [-0.1, -0.05) is 42.0 Å². The Balaban J connectivity index is 1.18. The Morgan fingerprint density at radius 2 is 1.53 bits per heavy atom. The lowest BCUT2D eigenvalue weighted by atomic mass is 9.95. The molecule has 1 aromatic heterocycles. The van der Waals surface area contributed by atoms with E-state index in [1.165, 1.54) is 0 Å². The maximum Gasteiger partial charge on any atom is 0.253 e. The Kier molecular flexibility index (Phi) is 7.33. The SMILES string of the molecule is Cc1ccc(S(=O)(=O)CCn2ccnc2C2CCN(C(=O)c3ccc(-c4ccc(O)cc4)cc3)CC2)cc1. The minimum absolute atomic E-state index is 0.00763. The van der Waals surface area contributed by atoms with Gasteiger partial charge in [0.05, 0.1) is 10.6 Å². The molecule has 1 saturated heterocycles. The molecule has 1 fully saturated rings. The van der Waals surface area contributed by atoms with Crippen molar-refractivity contribution in [3.63, 3.8) is 0 Å². The lowest BCUT2D eigenvalue weighted by Crippen LogP contribution is -2.38. The second-order valence-corrected chi connectivity index (χ2v) is 11.9. The molecule has 0 aliphatic carbocycles. The van der Waals surface area contributed by atoms with Gasteiger partial charge in [0.15, 0.2) is 9.84 Å². The fourth-order valence-electron chi connectivity index (χ4n) is 4.93. The van der Waals surface area contributed by atoms with Crippen molar-refractivity contribution in [2.75, 3.05) is 18.8 Å². The van der Waals surface area contributed by atoms with Gasteiger partial charge in [-0.05, 0) is 67.3 Å². The normalized spacial score (nSPS) is 14.5. The lowest BCUT2D eigenvalue weighted by Gasteiger charge is -2.32. The number of amides is 1. The highest BCUT2D eigenvalue weighted by atomic mass is 32.2. The van der Waals surface area contributed by atoms with Gasteiger partial charge in [0.2, 0.25) is 0 Å². The highest BCUT2D eigenvalue weighted by Crippen LogP contribution is 2.29. The number of rotatable bonds is 7. The number of sulfone groups is 1. The molecule has 0 unspecified atom stereocenters. The maximum absolute atomic E-state index is 13.1. The summed E-state index contributed by atoms with van der Waals surface area (Å²) in [6.45, 7) is 3.52. The number of hydrogen-bond acceptors (Lipinski definition) is 5. The van der Waals surface area contributed by atoms with Gasteiger partial charge in [-0.3, -0.25) is 4.79 Å². The third-order valence-electron chi connectivity index (χ3n) is 7.21. The molecule has 196 valence electrons. The summed E-state index contributed by atoms with van der Waals surface area (Å²) < 4.78 is 27.6. The van der Waals surface area contributed by atoms with Gasteiger partial charge >= 0.3 is 0 Å². The first-order valence-electron chi connectivity index (χ1n) is 12.8. The lowest BCUT2D eigenvalue weighted by molar-refractivity contribution is 0.0710. The number of likely N-dealkylation sites (tertiary alicyclic amines) is 1. The van der Waals surface area contributed by atoms with Crippen LogP contribution in [0.3, 0.4) is 0 Å². The number of aromatic nitrogens is 2. The number of carbonyl (C=O) groups is 1. The van der Waals surface area contributed by atoms with E-state index >= 15 is 0 Å². The molecule has 1 aliphatic rings. The summed E-state index contributed by atoms with van der Waals surface area (Å²) in [4.78, 5) is 19.9. The molecule has 38 heavy (non-hydrogen) atoms. The second kappa shape index (κ2) is 10.8. The number of benzene rings is 3. The van der Waals surface area contributed by atoms with Crippen LogP contribution in [0.2, 0.25) is 0 Å². The van der Waals surface area contributed by atoms with Crippen molar-refractivity contribution in [3.8, 4) is 16.9 Å². The summed E-state index contributed by atoms with van der Waals surface area (Å²) in [6, 6.07) is 21.5. The Bertz CT molecular complexity index is 1500. The van der Waals surface area contributed by atoms with Gasteiger partial charge in [0.1, 0.15) is 11.6 Å². The van der Waals surface area contributed by atoms with Crippen molar-refractivity contribution in [2.45, 2.75) is 37.1 Å². The van der Waals surface area contributed by atoms with Crippen molar-refractivity contribution in [2.24, 2.45) is 0 Å². The topological polar surface area (TPSA) is 92.5 Å². The van der Waals surface area contributed by atoms with E-state index in [4.69, 9.17) is 0 Å². The first kappa shape index (κ1) is 25.7. The third kappa shape index (κ3) is 5.65. The monoisotopic (exact) mass is 529 g/mol. The first-order valence-corrected chi connectivity index (χ1v) is 14.4. The number of imidazole rings is 1. The van der Waals surface area contributed by atoms with Crippen molar-refractivity contribution in [3.05, 3.63) is 102 Å². The summed E-state index contributed by atoms with van der Waals surface area (Å²) in [7, 11) is -3.39. The Hall–Kier alpha value is -3.91. The molecule has 0 spiro atoms. The zero-order valence-electron chi connectivity index (χ0n) is 21.3. The summed E-state index contributed by atoms with van der Waals surface area (Å²) in [5.41, 5.74) is 3.63. The van der Waals surface area contributed by atoms with Gasteiger partial charge in [0, 0.05) is 43.5 Å². The van der Waals surface area contributed by atoms with E-state index in [-0.39, 0.29) is 23.3 Å². The van der Waals surface area contributed by atoms with Gasteiger partial charge in [-0.25, -0.2) is 13.4 Å². The molecule has 8 heteroatoms. The molecule has 0 bridgehead atoms. The Labute approximate surface area is 223 Å². The number of carbonyl (C=O) groups excluding carboxylic acids is 1. The van der Waals surface area contributed by atoms with E-state index in [1.54, 1.807) is 30.5 Å². The molecule has 3 aromatic carbocycles. The van der Waals surface area contributed by atoms with Crippen LogP contribution in [0, 0.1) is 6.92 Å². The van der Waals surface area contributed by atoms with E-state index in [1.807, 2.05) is 71.1 Å².